The number of carbonyl (C=O) groups is 2. The monoisotopic (exact) mass is 702 g/mol. The molecule has 0 heterocycles. The van der Waals surface area contributed by atoms with Crippen molar-refractivity contribution in [3.05, 3.63) is 71.8 Å². The van der Waals surface area contributed by atoms with Crippen LogP contribution in [0.5, 0.6) is 0 Å². The van der Waals surface area contributed by atoms with E-state index in [4.69, 9.17) is 10.2 Å². The van der Waals surface area contributed by atoms with E-state index in [1.54, 1.807) is 0 Å². The van der Waals surface area contributed by atoms with Crippen molar-refractivity contribution in [1.29, 1.82) is 0 Å². The van der Waals surface area contributed by atoms with Crippen LogP contribution < -0.4 is 0 Å². The van der Waals surface area contributed by atoms with Crippen molar-refractivity contribution in [2.24, 2.45) is 0 Å². The van der Waals surface area contributed by atoms with E-state index >= 15 is 0 Å². The number of aliphatic carboxylic acids is 2. The van der Waals surface area contributed by atoms with Crippen LogP contribution in [0.4, 0.5) is 0 Å². The number of carboxylic acid groups (broad SMARTS) is 2. The molecule has 0 spiro atoms. The van der Waals surface area contributed by atoms with Crippen LogP contribution in [0.15, 0.2) is 60.7 Å². The van der Waals surface area contributed by atoms with Gasteiger partial charge in [-0.1, -0.05) is 117 Å². The molecule has 2 radical (unpaired) electrons. The average molecular weight is 702 g/mol. The molecule has 2 aromatic rings. The van der Waals surface area contributed by atoms with E-state index in [9.17, 15) is 9.59 Å². The molecule has 0 saturated carbocycles. The normalized spacial score (nSPS) is 10.3. The molecule has 5 heteroatoms. The molecule has 0 amide bonds. The number of hydrogen-bond donors (Lipinski definition) is 2. The molecule has 0 fully saturated rings. The molecule has 0 aliphatic carbocycles. The van der Waals surface area contributed by atoms with E-state index < -0.39 is 11.9 Å². The molecule has 0 saturated heterocycles. The summed E-state index contributed by atoms with van der Waals surface area (Å²) in [5, 5.41) is 16.8. The van der Waals surface area contributed by atoms with Gasteiger partial charge in [0.1, 0.15) is 0 Å². The van der Waals surface area contributed by atoms with Crippen LogP contribution in [-0.4, -0.2) is 43.3 Å². The third-order valence-corrected chi connectivity index (χ3v) is 11.1. The minimum absolute atomic E-state index is 0.258. The Hall–Kier alpha value is -1.82. The molecular weight excluding hydrogens is 639 g/mol. The van der Waals surface area contributed by atoms with Gasteiger partial charge in [-0.2, -0.15) is 0 Å². The minimum atomic E-state index is -0.659. The molecule has 0 unspecified atom stereocenters. The SMILES string of the molecule is CCCCCCCCCCCC(=O)O.CCCCCCCCCCCC(=O)O.c1ccc([CH2][Sn][CH2]c2ccccc2)cc1. The number of benzene rings is 2. The molecule has 0 bridgehead atoms. The van der Waals surface area contributed by atoms with Crippen LogP contribution in [0.1, 0.15) is 153 Å². The van der Waals surface area contributed by atoms with Gasteiger partial charge in [0.25, 0.3) is 0 Å². The van der Waals surface area contributed by atoms with Crippen molar-refractivity contribution in [3.63, 3.8) is 0 Å². The fourth-order valence-electron chi connectivity index (χ4n) is 4.72. The van der Waals surface area contributed by atoms with Gasteiger partial charge >= 0.3 is 114 Å². The third kappa shape index (κ3) is 32.9. The predicted octanol–water partition coefficient (Wildman–Crippen LogP) is 11.1. The summed E-state index contributed by atoms with van der Waals surface area (Å²) in [7, 11) is 0. The summed E-state index contributed by atoms with van der Waals surface area (Å²) < 4.78 is 2.69. The summed E-state index contributed by atoms with van der Waals surface area (Å²) in [5.74, 6) is -1.32. The van der Waals surface area contributed by atoms with Gasteiger partial charge in [-0.15, -0.1) is 0 Å². The predicted molar refractivity (Wildman–Crippen MR) is 185 cm³/mol. The van der Waals surface area contributed by atoms with E-state index in [1.165, 1.54) is 110 Å². The standard InChI is InChI=1S/2C12H24O2.2C7H7.Sn/c2*1-2-3-4-5-6-7-8-9-10-11-12(13)14;2*1-7-5-3-2-4-6-7;/h2*2-11H2,1H3,(H,13,14);2*2-6H,1H2;. The van der Waals surface area contributed by atoms with E-state index in [1.807, 2.05) is 0 Å². The Balaban J connectivity index is 0.000000617. The fraction of sp³-hybridized carbons (Fsp3) is 0.632. The second kappa shape index (κ2) is 33.1. The molecule has 0 aliphatic rings. The molecule has 0 aromatic heterocycles. The first-order chi connectivity index (χ1) is 21.0. The Morgan fingerprint density at radius 3 is 1.02 bits per heavy atom. The van der Waals surface area contributed by atoms with Gasteiger partial charge in [-0.05, 0) is 12.8 Å². The van der Waals surface area contributed by atoms with Crippen molar-refractivity contribution in [2.45, 2.75) is 151 Å². The summed E-state index contributed by atoms with van der Waals surface area (Å²) in [4.78, 5) is 20.4. The summed E-state index contributed by atoms with van der Waals surface area (Å²) in [6.45, 7) is 4.46. The summed E-state index contributed by atoms with van der Waals surface area (Å²) in [6, 6.07) is 21.7. The van der Waals surface area contributed by atoms with Gasteiger partial charge in [0, 0.05) is 12.8 Å². The zero-order chi connectivity index (χ0) is 31.6. The molecule has 0 atom stereocenters. The Morgan fingerprint density at radius 1 is 0.465 bits per heavy atom. The first kappa shape index (κ1) is 41.2. The van der Waals surface area contributed by atoms with Crippen molar-refractivity contribution < 1.29 is 19.8 Å². The van der Waals surface area contributed by atoms with Gasteiger partial charge < -0.3 is 10.2 Å². The van der Waals surface area contributed by atoms with E-state index in [2.05, 4.69) is 74.5 Å². The van der Waals surface area contributed by atoms with Gasteiger partial charge in [0.15, 0.2) is 0 Å². The Bertz CT molecular complexity index is 785. The number of carboxylic acids is 2. The summed E-state index contributed by atoms with van der Waals surface area (Å²) >= 11 is -0.258. The van der Waals surface area contributed by atoms with Crippen LogP contribution in [0.3, 0.4) is 0 Å². The summed E-state index contributed by atoms with van der Waals surface area (Å²) in [5.41, 5.74) is 3.03. The second-order valence-electron chi connectivity index (χ2n) is 11.5. The Labute approximate surface area is 274 Å². The van der Waals surface area contributed by atoms with Gasteiger partial charge in [-0.3, -0.25) is 9.59 Å². The Kier molecular flexibility index (Phi) is 31.7. The molecule has 43 heavy (non-hydrogen) atoms. The number of unbranched alkanes of at least 4 members (excludes halogenated alkanes) is 16. The first-order valence-electron chi connectivity index (χ1n) is 17.2. The molecular formula is C38H62O4Sn. The summed E-state index contributed by atoms with van der Waals surface area (Å²) in [6.07, 6.45) is 23.0. The molecule has 2 rings (SSSR count). The molecule has 2 aromatic carbocycles. The molecule has 4 nitrogen and oxygen atoms in total. The molecule has 242 valence electrons. The molecule has 0 aliphatic heterocycles. The van der Waals surface area contributed by atoms with Crippen LogP contribution in [0.25, 0.3) is 0 Å². The Morgan fingerprint density at radius 2 is 0.744 bits per heavy atom. The quantitative estimate of drug-likeness (QED) is 0.0844. The van der Waals surface area contributed by atoms with Crippen molar-refractivity contribution >= 4 is 33.1 Å². The fourth-order valence-corrected chi connectivity index (χ4v) is 8.07. The van der Waals surface area contributed by atoms with Crippen molar-refractivity contribution in [3.8, 4) is 0 Å². The van der Waals surface area contributed by atoms with Crippen LogP contribution in [0.2, 0.25) is 0 Å². The molecule has 2 N–H and O–H groups in total. The zero-order valence-electron chi connectivity index (χ0n) is 27.5. The van der Waals surface area contributed by atoms with Crippen LogP contribution in [0, 0.1) is 0 Å². The maximum atomic E-state index is 10.2. The van der Waals surface area contributed by atoms with Crippen molar-refractivity contribution in [2.75, 3.05) is 0 Å². The van der Waals surface area contributed by atoms with Crippen molar-refractivity contribution in [1.82, 2.24) is 0 Å². The second-order valence-corrected chi connectivity index (χ2v) is 15.0. The van der Waals surface area contributed by atoms with E-state index in [-0.39, 0.29) is 21.1 Å². The average Bonchev–Trinajstić information content (AvgIpc) is 3.01. The van der Waals surface area contributed by atoms with Crippen LogP contribution >= 0.6 is 0 Å². The number of hydrogen-bond acceptors (Lipinski definition) is 2. The topological polar surface area (TPSA) is 74.6 Å². The van der Waals surface area contributed by atoms with Gasteiger partial charge in [-0.25, -0.2) is 0 Å². The maximum absolute atomic E-state index is 10.2. The number of rotatable bonds is 24. The van der Waals surface area contributed by atoms with E-state index in [0.717, 1.165) is 25.7 Å². The van der Waals surface area contributed by atoms with Gasteiger partial charge in [0.05, 0.1) is 0 Å². The van der Waals surface area contributed by atoms with Crippen LogP contribution in [-0.2, 0) is 18.5 Å². The van der Waals surface area contributed by atoms with Gasteiger partial charge in [0.2, 0.25) is 0 Å². The first-order valence-corrected chi connectivity index (χ1v) is 21.2. The van der Waals surface area contributed by atoms with E-state index in [0.29, 0.717) is 12.8 Å². The third-order valence-electron chi connectivity index (χ3n) is 7.33. The zero-order valence-corrected chi connectivity index (χ0v) is 30.4.